The van der Waals surface area contributed by atoms with Gasteiger partial charge in [0.15, 0.2) is 6.10 Å². The number of ether oxygens (including phenoxy) is 6. The Morgan fingerprint density at radius 2 is 1.81 bits per heavy atom. The molecular weight excluding hydrogens is 492 g/mol. The lowest BCUT2D eigenvalue weighted by Crippen LogP contribution is -2.55. The number of hydrogen-bond acceptors (Lipinski definition) is 12. The van der Waals surface area contributed by atoms with E-state index in [0.29, 0.717) is 0 Å². The van der Waals surface area contributed by atoms with Crippen molar-refractivity contribution in [3.63, 3.8) is 0 Å². The Morgan fingerprint density at radius 1 is 1.16 bits per heavy atom. The van der Waals surface area contributed by atoms with E-state index in [2.05, 4.69) is 6.58 Å². The van der Waals surface area contributed by atoms with Crippen LogP contribution in [0.2, 0.25) is 0 Å². The van der Waals surface area contributed by atoms with Gasteiger partial charge in [-0.15, -0.1) is 0 Å². The van der Waals surface area contributed by atoms with Gasteiger partial charge in [0.1, 0.15) is 23.9 Å². The predicted molar refractivity (Wildman–Crippen MR) is 121 cm³/mol. The van der Waals surface area contributed by atoms with Crippen molar-refractivity contribution in [1.29, 1.82) is 0 Å². The summed E-state index contributed by atoms with van der Waals surface area (Å²) in [6, 6.07) is 0. The van der Waals surface area contributed by atoms with Crippen LogP contribution < -0.4 is 0 Å². The molecule has 0 saturated carbocycles. The largest absolute Gasteiger partial charge is 0.466 e. The number of aliphatic hydroxyl groups is 2. The van der Waals surface area contributed by atoms with Gasteiger partial charge in [-0.05, 0) is 38.0 Å². The van der Waals surface area contributed by atoms with Crippen LogP contribution in [0.4, 0.5) is 0 Å². The summed E-state index contributed by atoms with van der Waals surface area (Å²) in [6.07, 6.45) is -2.24. The summed E-state index contributed by atoms with van der Waals surface area (Å²) in [5.41, 5.74) is -1.23. The van der Waals surface area contributed by atoms with Crippen LogP contribution in [0, 0.1) is 5.92 Å². The Balaban J connectivity index is 1.90. The topological polar surface area (TPSA) is 167 Å². The molecule has 1 saturated heterocycles. The Bertz CT molecular complexity index is 1120. The summed E-state index contributed by atoms with van der Waals surface area (Å²) >= 11 is 0. The molecule has 0 radical (unpaired) electrons. The van der Waals surface area contributed by atoms with Crippen LogP contribution in [-0.2, 0) is 47.6 Å². The molecule has 37 heavy (non-hydrogen) atoms. The van der Waals surface area contributed by atoms with Crippen molar-refractivity contribution in [3.05, 3.63) is 35.5 Å². The van der Waals surface area contributed by atoms with Crippen molar-refractivity contribution in [2.75, 3.05) is 7.11 Å². The van der Waals surface area contributed by atoms with Gasteiger partial charge in [0.2, 0.25) is 11.6 Å². The molecule has 0 aromatic heterocycles. The number of carbonyl (C=O) groups is 4. The van der Waals surface area contributed by atoms with Crippen LogP contribution in [0.5, 0.6) is 0 Å². The van der Waals surface area contributed by atoms with Crippen molar-refractivity contribution in [3.8, 4) is 0 Å². The first-order chi connectivity index (χ1) is 17.1. The van der Waals surface area contributed by atoms with E-state index in [4.69, 9.17) is 28.4 Å². The number of epoxide rings is 1. The second-order valence-corrected chi connectivity index (χ2v) is 9.95. The van der Waals surface area contributed by atoms with E-state index in [1.54, 1.807) is 6.92 Å². The molecule has 12 nitrogen and oxygen atoms in total. The molecular formula is C25H30O12. The average molecular weight is 523 g/mol. The summed E-state index contributed by atoms with van der Waals surface area (Å²) in [4.78, 5) is 49.6. The molecule has 0 aromatic carbocycles. The number of methoxy groups -OCH3 is 1. The van der Waals surface area contributed by atoms with E-state index in [9.17, 15) is 29.4 Å². The smallest absolute Gasteiger partial charge is 0.338 e. The zero-order valence-corrected chi connectivity index (χ0v) is 21.1. The second-order valence-electron chi connectivity index (χ2n) is 9.95. The van der Waals surface area contributed by atoms with E-state index in [1.165, 1.54) is 19.1 Å². The number of carbonyl (C=O) groups excluding carboxylic acids is 4. The zero-order chi connectivity index (χ0) is 27.5. The second kappa shape index (κ2) is 9.05. The van der Waals surface area contributed by atoms with Crippen LogP contribution in [0.15, 0.2) is 35.5 Å². The third-order valence-electron chi connectivity index (χ3n) is 7.10. The summed E-state index contributed by atoms with van der Waals surface area (Å²) in [7, 11) is 1.11. The van der Waals surface area contributed by atoms with Crippen molar-refractivity contribution < 1.29 is 57.8 Å². The maximum Gasteiger partial charge on any atom is 0.338 e. The van der Waals surface area contributed by atoms with E-state index in [-0.39, 0.29) is 29.6 Å². The van der Waals surface area contributed by atoms with E-state index in [0.717, 1.165) is 21.0 Å². The Hall–Kier alpha value is -3.06. The molecule has 4 aliphatic rings. The molecule has 0 aliphatic carbocycles. The highest BCUT2D eigenvalue weighted by atomic mass is 16.8. The maximum atomic E-state index is 12.8. The van der Waals surface area contributed by atoms with Gasteiger partial charge < -0.3 is 38.6 Å². The summed E-state index contributed by atoms with van der Waals surface area (Å²) in [6.45, 7) is 9.10. The molecule has 202 valence electrons. The molecule has 0 unspecified atom stereocenters. The molecule has 0 aromatic rings. The first-order valence-corrected chi connectivity index (χ1v) is 11.7. The quantitative estimate of drug-likeness (QED) is 0.171. The Morgan fingerprint density at radius 3 is 2.41 bits per heavy atom. The molecule has 4 aliphatic heterocycles. The Kier molecular flexibility index (Phi) is 6.60. The van der Waals surface area contributed by atoms with Crippen molar-refractivity contribution in [1.82, 2.24) is 0 Å². The fraction of sp³-hybridized carbons (Fsp3) is 0.600. The summed E-state index contributed by atoms with van der Waals surface area (Å²) in [5, 5.41) is 23.2. The third-order valence-corrected chi connectivity index (χ3v) is 7.10. The number of hydrogen-bond donors (Lipinski definition) is 2. The summed E-state index contributed by atoms with van der Waals surface area (Å²) in [5.74, 6) is -9.20. The maximum absolute atomic E-state index is 12.8. The van der Waals surface area contributed by atoms with Crippen molar-refractivity contribution >= 4 is 23.9 Å². The minimum atomic E-state index is -2.46. The SMILES string of the molecule is C=C(C(=O)OC)[C@@H]1C[C@@H](OC(C)=O)C2=C[C@H](C[C@@]3(C)O[C@H]3[C@@]3(O)C=C(C)[C@](O)(O3)[C@H]1OC(C)=O)OC2=O. The first-order valence-electron chi connectivity index (χ1n) is 11.7. The molecule has 4 rings (SSSR count). The van der Waals surface area contributed by atoms with Gasteiger partial charge in [0, 0.05) is 31.8 Å². The highest BCUT2D eigenvalue weighted by molar-refractivity contribution is 5.93. The van der Waals surface area contributed by atoms with Crippen LogP contribution in [-0.4, -0.2) is 82.8 Å². The third kappa shape index (κ3) is 4.70. The fourth-order valence-corrected chi connectivity index (χ4v) is 5.36. The van der Waals surface area contributed by atoms with Gasteiger partial charge in [-0.25, -0.2) is 9.59 Å². The van der Waals surface area contributed by atoms with Crippen LogP contribution in [0.3, 0.4) is 0 Å². The molecule has 0 spiro atoms. The Labute approximate surface area is 212 Å². The van der Waals surface area contributed by atoms with Crippen LogP contribution in [0.1, 0.15) is 40.5 Å². The van der Waals surface area contributed by atoms with Gasteiger partial charge in [0.25, 0.3) is 0 Å². The lowest BCUT2D eigenvalue weighted by Gasteiger charge is -2.40. The van der Waals surface area contributed by atoms with Crippen molar-refractivity contribution in [2.45, 2.75) is 82.1 Å². The molecule has 12 heteroatoms. The van der Waals surface area contributed by atoms with Gasteiger partial charge >= 0.3 is 23.9 Å². The van der Waals surface area contributed by atoms with Gasteiger partial charge in [-0.3, -0.25) is 9.59 Å². The number of esters is 4. The standard InChI is InChI=1S/C25H30O12/c1-11-9-24(30)22-23(5,36-22)10-15-7-17(21(29)35-15)18(33-13(3)26)8-16(12(2)20(28)32-6)19(34-14(4)27)25(11,31)37-24/h7,9,15-16,18-19,22,30-31H,2,8,10H2,1,3-6H3/t15-,16+,18-,19+,22-,23-,24-,25+/m1/s1. The average Bonchev–Trinajstić information content (AvgIpc) is 3.24. The van der Waals surface area contributed by atoms with Gasteiger partial charge in [0.05, 0.1) is 12.7 Å². The predicted octanol–water partition coefficient (Wildman–Crippen LogP) is 0.352. The first kappa shape index (κ1) is 27.0. The molecule has 2 N–H and O–H groups in total. The molecule has 4 heterocycles. The van der Waals surface area contributed by atoms with E-state index in [1.807, 2.05) is 0 Å². The minimum absolute atomic E-state index is 0.00599. The zero-order valence-electron chi connectivity index (χ0n) is 21.1. The van der Waals surface area contributed by atoms with Gasteiger partial charge in [-0.2, -0.15) is 0 Å². The fourth-order valence-electron chi connectivity index (χ4n) is 5.36. The van der Waals surface area contributed by atoms with Gasteiger partial charge in [-0.1, -0.05) is 6.58 Å². The highest BCUT2D eigenvalue weighted by Crippen LogP contribution is 2.54. The van der Waals surface area contributed by atoms with Crippen LogP contribution in [0.25, 0.3) is 0 Å². The monoisotopic (exact) mass is 522 g/mol. The number of rotatable bonds is 4. The van der Waals surface area contributed by atoms with Crippen LogP contribution >= 0.6 is 0 Å². The minimum Gasteiger partial charge on any atom is -0.466 e. The molecule has 0 amide bonds. The normalized spacial score (nSPS) is 40.4. The molecule has 4 bridgehead atoms. The number of fused-ring (bicyclic) bond motifs is 5. The van der Waals surface area contributed by atoms with E-state index < -0.39 is 71.4 Å². The summed E-state index contributed by atoms with van der Waals surface area (Å²) < 4.78 is 32.8. The lowest BCUT2D eigenvalue weighted by molar-refractivity contribution is -0.320. The molecule has 1 fully saturated rings. The lowest BCUT2D eigenvalue weighted by atomic mass is 9.81. The van der Waals surface area contributed by atoms with E-state index >= 15 is 0 Å². The molecule has 8 atom stereocenters. The van der Waals surface area contributed by atoms with Crippen molar-refractivity contribution in [2.24, 2.45) is 5.92 Å². The highest BCUT2D eigenvalue weighted by Gasteiger charge is 2.69.